The molecule has 0 aliphatic rings. The molecule has 20 heavy (non-hydrogen) atoms. The van der Waals surface area contributed by atoms with Crippen molar-refractivity contribution in [3.63, 3.8) is 0 Å². The lowest BCUT2D eigenvalue weighted by molar-refractivity contribution is 0.629. The Morgan fingerprint density at radius 2 is 1.90 bits per heavy atom. The number of anilines is 2. The van der Waals surface area contributed by atoms with Crippen LogP contribution in [0.25, 0.3) is 20.3 Å². The molecule has 0 radical (unpaired) electrons. The van der Waals surface area contributed by atoms with Crippen molar-refractivity contribution in [2.24, 2.45) is 0 Å². The number of thiazole rings is 1. The topological polar surface area (TPSA) is 24.9 Å². The maximum Gasteiger partial charge on any atom is 0.188 e. The van der Waals surface area contributed by atoms with E-state index in [4.69, 9.17) is 0 Å². The van der Waals surface area contributed by atoms with E-state index in [0.717, 1.165) is 15.5 Å². The number of nitrogens with zero attached hydrogens (tertiary/aromatic N) is 1. The Hall–Kier alpha value is -1.98. The third-order valence-electron chi connectivity index (χ3n) is 3.05. The molecular formula is C15H9FN2S2. The van der Waals surface area contributed by atoms with Gasteiger partial charge >= 0.3 is 0 Å². The fourth-order valence-corrected chi connectivity index (χ4v) is 3.76. The first kappa shape index (κ1) is 11.8. The van der Waals surface area contributed by atoms with E-state index in [-0.39, 0.29) is 5.82 Å². The van der Waals surface area contributed by atoms with Gasteiger partial charge in [-0.2, -0.15) is 0 Å². The average molecular weight is 300 g/mol. The summed E-state index contributed by atoms with van der Waals surface area (Å²) in [5.41, 5.74) is 1.68. The van der Waals surface area contributed by atoms with Gasteiger partial charge in [-0.05, 0) is 47.2 Å². The smallest absolute Gasteiger partial charge is 0.188 e. The summed E-state index contributed by atoms with van der Waals surface area (Å²) in [6.45, 7) is 0. The average Bonchev–Trinajstić information content (AvgIpc) is 3.03. The van der Waals surface area contributed by atoms with Gasteiger partial charge < -0.3 is 5.32 Å². The van der Waals surface area contributed by atoms with Crippen molar-refractivity contribution in [2.75, 3.05) is 5.32 Å². The first-order chi connectivity index (χ1) is 9.78. The summed E-state index contributed by atoms with van der Waals surface area (Å²) in [5, 5.41) is 7.36. The Labute approximate surface area is 122 Å². The number of aromatic nitrogens is 1. The highest BCUT2D eigenvalue weighted by molar-refractivity contribution is 7.22. The van der Waals surface area contributed by atoms with E-state index in [1.165, 1.54) is 33.6 Å². The van der Waals surface area contributed by atoms with E-state index in [1.54, 1.807) is 17.4 Å². The summed E-state index contributed by atoms with van der Waals surface area (Å²) >= 11 is 3.25. The van der Waals surface area contributed by atoms with Gasteiger partial charge in [0, 0.05) is 16.5 Å². The molecule has 2 nitrogen and oxygen atoms in total. The number of thiophene rings is 1. The number of rotatable bonds is 2. The largest absolute Gasteiger partial charge is 0.332 e. The van der Waals surface area contributed by atoms with Gasteiger partial charge in [0.15, 0.2) is 5.13 Å². The molecule has 0 aliphatic heterocycles. The second-order valence-electron chi connectivity index (χ2n) is 4.43. The first-order valence-corrected chi connectivity index (χ1v) is 7.78. The lowest BCUT2D eigenvalue weighted by Gasteiger charge is -2.01. The quantitative estimate of drug-likeness (QED) is 0.536. The molecule has 0 amide bonds. The summed E-state index contributed by atoms with van der Waals surface area (Å²) in [6.07, 6.45) is 0. The van der Waals surface area contributed by atoms with Crippen molar-refractivity contribution in [1.82, 2.24) is 4.98 Å². The molecule has 2 heterocycles. The molecule has 0 fully saturated rings. The van der Waals surface area contributed by atoms with E-state index in [2.05, 4.69) is 33.9 Å². The normalized spacial score (nSPS) is 11.2. The molecule has 0 aliphatic carbocycles. The molecule has 4 aromatic rings. The third kappa shape index (κ3) is 2.05. The minimum absolute atomic E-state index is 0.256. The molecule has 2 aromatic carbocycles. The van der Waals surface area contributed by atoms with E-state index >= 15 is 0 Å². The van der Waals surface area contributed by atoms with Crippen LogP contribution in [0.15, 0.2) is 47.8 Å². The number of halogens is 1. The summed E-state index contributed by atoms with van der Waals surface area (Å²) in [7, 11) is 0. The predicted octanol–water partition coefficient (Wildman–Crippen LogP) is 5.39. The van der Waals surface area contributed by atoms with Gasteiger partial charge in [-0.3, -0.25) is 0 Å². The zero-order chi connectivity index (χ0) is 13.5. The van der Waals surface area contributed by atoms with Crippen LogP contribution < -0.4 is 5.32 Å². The molecule has 0 saturated heterocycles. The Morgan fingerprint density at radius 3 is 2.85 bits per heavy atom. The lowest BCUT2D eigenvalue weighted by atomic mass is 10.2. The molecule has 2 aromatic heterocycles. The minimum atomic E-state index is -0.256. The fraction of sp³-hybridized carbons (Fsp3) is 0. The molecule has 0 bridgehead atoms. The molecule has 0 saturated carbocycles. The summed E-state index contributed by atoms with van der Waals surface area (Å²) in [5.74, 6) is -0.256. The van der Waals surface area contributed by atoms with Gasteiger partial charge in [-0.25, -0.2) is 9.37 Å². The number of fused-ring (bicyclic) bond motifs is 2. The monoisotopic (exact) mass is 300 g/mol. The van der Waals surface area contributed by atoms with Crippen molar-refractivity contribution in [3.05, 3.63) is 53.7 Å². The van der Waals surface area contributed by atoms with E-state index < -0.39 is 0 Å². The zero-order valence-corrected chi connectivity index (χ0v) is 11.9. The van der Waals surface area contributed by atoms with E-state index in [0.29, 0.717) is 5.52 Å². The molecule has 0 atom stereocenters. The third-order valence-corrected chi connectivity index (χ3v) is 4.90. The minimum Gasteiger partial charge on any atom is -0.332 e. The Kier molecular flexibility index (Phi) is 2.68. The summed E-state index contributed by atoms with van der Waals surface area (Å²) < 4.78 is 15.4. The van der Waals surface area contributed by atoms with Crippen LogP contribution in [0.1, 0.15) is 0 Å². The van der Waals surface area contributed by atoms with E-state index in [9.17, 15) is 4.39 Å². The van der Waals surface area contributed by atoms with Crippen molar-refractivity contribution < 1.29 is 4.39 Å². The Bertz CT molecular complexity index is 910. The van der Waals surface area contributed by atoms with Crippen LogP contribution in [0.4, 0.5) is 15.2 Å². The maximum absolute atomic E-state index is 13.2. The van der Waals surface area contributed by atoms with Gasteiger partial charge in [-0.15, -0.1) is 11.3 Å². The van der Waals surface area contributed by atoms with Gasteiger partial charge in [-0.1, -0.05) is 11.3 Å². The fourth-order valence-electron chi connectivity index (χ4n) is 2.12. The summed E-state index contributed by atoms with van der Waals surface area (Å²) in [4.78, 5) is 4.41. The molecular weight excluding hydrogens is 291 g/mol. The highest BCUT2D eigenvalue weighted by Gasteiger charge is 2.05. The van der Waals surface area contributed by atoms with Gasteiger partial charge in [0.05, 0.1) is 10.2 Å². The van der Waals surface area contributed by atoms with Gasteiger partial charge in [0.2, 0.25) is 0 Å². The molecule has 0 spiro atoms. The Balaban J connectivity index is 1.72. The molecule has 0 unspecified atom stereocenters. The van der Waals surface area contributed by atoms with Crippen molar-refractivity contribution in [3.8, 4) is 0 Å². The van der Waals surface area contributed by atoms with Crippen LogP contribution in [0, 0.1) is 5.82 Å². The number of hydrogen-bond donors (Lipinski definition) is 1. The van der Waals surface area contributed by atoms with Crippen LogP contribution in [-0.2, 0) is 0 Å². The second kappa shape index (κ2) is 4.54. The standard InChI is InChI=1S/C15H9FN2S2/c16-10-1-3-14-12(8-10)18-15(20-14)17-11-2-4-13-9(7-11)5-6-19-13/h1-8H,(H,17,18). The number of nitrogens with one attached hydrogen (secondary N) is 1. The molecule has 98 valence electrons. The summed E-state index contributed by atoms with van der Waals surface area (Å²) in [6, 6.07) is 13.0. The van der Waals surface area contributed by atoms with Crippen LogP contribution in [-0.4, -0.2) is 4.98 Å². The van der Waals surface area contributed by atoms with Gasteiger partial charge in [0.1, 0.15) is 5.82 Å². The zero-order valence-electron chi connectivity index (χ0n) is 10.3. The van der Waals surface area contributed by atoms with Crippen molar-refractivity contribution in [2.45, 2.75) is 0 Å². The molecule has 5 heteroatoms. The molecule has 1 N–H and O–H groups in total. The number of hydrogen-bond acceptors (Lipinski definition) is 4. The predicted molar refractivity (Wildman–Crippen MR) is 84.7 cm³/mol. The van der Waals surface area contributed by atoms with Crippen LogP contribution in [0.2, 0.25) is 0 Å². The SMILES string of the molecule is Fc1ccc2sc(Nc3ccc4sccc4c3)nc2c1. The molecule has 4 rings (SSSR count). The highest BCUT2D eigenvalue weighted by atomic mass is 32.1. The highest BCUT2D eigenvalue weighted by Crippen LogP contribution is 2.30. The van der Waals surface area contributed by atoms with Gasteiger partial charge in [0.25, 0.3) is 0 Å². The first-order valence-electron chi connectivity index (χ1n) is 6.08. The van der Waals surface area contributed by atoms with Crippen LogP contribution in [0.3, 0.4) is 0 Å². The van der Waals surface area contributed by atoms with Crippen molar-refractivity contribution in [1.29, 1.82) is 0 Å². The van der Waals surface area contributed by atoms with Crippen LogP contribution in [0.5, 0.6) is 0 Å². The maximum atomic E-state index is 13.2. The van der Waals surface area contributed by atoms with Crippen LogP contribution >= 0.6 is 22.7 Å². The van der Waals surface area contributed by atoms with Crippen molar-refractivity contribution >= 4 is 53.8 Å². The lowest BCUT2D eigenvalue weighted by Crippen LogP contribution is -1.88. The number of benzene rings is 2. The Morgan fingerprint density at radius 1 is 1.00 bits per heavy atom. The van der Waals surface area contributed by atoms with E-state index in [1.807, 2.05) is 6.07 Å². The second-order valence-corrected chi connectivity index (χ2v) is 6.41.